The van der Waals surface area contributed by atoms with E-state index in [2.05, 4.69) is 13.8 Å². The molecular formula is C10H22ClNO2S. The lowest BCUT2D eigenvalue weighted by Crippen LogP contribution is -2.35. The number of alkyl halides is 1. The zero-order valence-corrected chi connectivity index (χ0v) is 11.3. The predicted octanol–water partition coefficient (Wildman–Crippen LogP) is 2.46. The van der Waals surface area contributed by atoms with Crippen molar-refractivity contribution in [3.63, 3.8) is 0 Å². The highest BCUT2D eigenvalue weighted by molar-refractivity contribution is 7.89. The highest BCUT2D eigenvalue weighted by Gasteiger charge is 2.19. The molecule has 0 aliphatic rings. The molecule has 0 saturated carbocycles. The number of unbranched alkanes of at least 4 members (excludes halogenated alkanes) is 2. The molecule has 0 amide bonds. The summed E-state index contributed by atoms with van der Waals surface area (Å²) in [5.41, 5.74) is 0. The summed E-state index contributed by atoms with van der Waals surface area (Å²) >= 11 is 5.49. The van der Waals surface area contributed by atoms with E-state index >= 15 is 0 Å². The molecule has 0 heterocycles. The molecule has 15 heavy (non-hydrogen) atoms. The van der Waals surface area contributed by atoms with E-state index in [0.717, 1.165) is 25.7 Å². The van der Waals surface area contributed by atoms with E-state index in [1.54, 1.807) is 4.31 Å². The minimum absolute atomic E-state index is 0.0575. The average molecular weight is 256 g/mol. The lowest BCUT2D eigenvalue weighted by Gasteiger charge is -2.21. The minimum Gasteiger partial charge on any atom is -0.212 e. The van der Waals surface area contributed by atoms with Crippen molar-refractivity contribution in [1.29, 1.82) is 0 Å². The first-order valence-electron chi connectivity index (χ1n) is 5.62. The molecule has 0 aliphatic carbocycles. The zero-order valence-electron chi connectivity index (χ0n) is 9.71. The number of hydrogen-bond acceptors (Lipinski definition) is 2. The zero-order chi connectivity index (χ0) is 11.7. The van der Waals surface area contributed by atoms with Crippen molar-refractivity contribution in [3.8, 4) is 0 Å². The number of hydrogen-bond donors (Lipinski definition) is 0. The Kier molecular flexibility index (Phi) is 8.47. The summed E-state index contributed by atoms with van der Waals surface area (Å²) < 4.78 is 25.2. The Hall–Kier alpha value is 0.200. The van der Waals surface area contributed by atoms with Crippen molar-refractivity contribution in [2.75, 3.05) is 24.7 Å². The third-order valence-corrected chi connectivity index (χ3v) is 4.54. The number of sulfonamides is 1. The summed E-state index contributed by atoms with van der Waals surface area (Å²) in [5, 5.41) is 0. The lowest BCUT2D eigenvalue weighted by molar-refractivity contribution is 0.396. The molecule has 0 N–H and O–H groups in total. The van der Waals surface area contributed by atoms with Crippen molar-refractivity contribution < 1.29 is 8.42 Å². The van der Waals surface area contributed by atoms with Gasteiger partial charge in [0.25, 0.3) is 0 Å². The van der Waals surface area contributed by atoms with Crippen molar-refractivity contribution in [3.05, 3.63) is 0 Å². The maximum Gasteiger partial charge on any atom is 0.215 e. The highest BCUT2D eigenvalue weighted by atomic mass is 35.5. The van der Waals surface area contributed by atoms with E-state index in [4.69, 9.17) is 11.6 Å². The van der Waals surface area contributed by atoms with Gasteiger partial charge in [-0.2, -0.15) is 0 Å². The van der Waals surface area contributed by atoms with Gasteiger partial charge in [-0.05, 0) is 12.8 Å². The first-order valence-corrected chi connectivity index (χ1v) is 7.76. The minimum atomic E-state index is -3.12. The molecule has 92 valence electrons. The second-order valence-corrected chi connectivity index (χ2v) is 6.08. The molecule has 0 spiro atoms. The van der Waals surface area contributed by atoms with Crippen LogP contribution in [0.1, 0.15) is 39.5 Å². The van der Waals surface area contributed by atoms with Crippen LogP contribution >= 0.6 is 11.6 Å². The molecule has 0 aromatic carbocycles. The summed E-state index contributed by atoms with van der Waals surface area (Å²) in [4.78, 5) is 0. The summed E-state index contributed by atoms with van der Waals surface area (Å²) in [6.07, 6.45) is 3.87. The van der Waals surface area contributed by atoms with Gasteiger partial charge in [-0.15, -0.1) is 11.6 Å². The molecule has 0 unspecified atom stereocenters. The maximum absolute atomic E-state index is 11.8. The molecular weight excluding hydrogens is 234 g/mol. The Morgan fingerprint density at radius 2 is 1.53 bits per heavy atom. The average Bonchev–Trinajstić information content (AvgIpc) is 2.17. The van der Waals surface area contributed by atoms with Gasteiger partial charge in [-0.3, -0.25) is 0 Å². The standard InChI is InChI=1S/C10H22ClNO2S/c1-3-5-8-12(9-6-4-2)15(13,14)10-7-11/h3-10H2,1-2H3. The van der Waals surface area contributed by atoms with Crippen LogP contribution in [0.25, 0.3) is 0 Å². The molecule has 0 radical (unpaired) electrons. The topological polar surface area (TPSA) is 37.4 Å². The Morgan fingerprint density at radius 3 is 1.87 bits per heavy atom. The summed E-state index contributed by atoms with van der Waals surface area (Å²) in [6.45, 7) is 5.39. The first kappa shape index (κ1) is 15.2. The van der Waals surface area contributed by atoms with Crippen molar-refractivity contribution in [2.45, 2.75) is 39.5 Å². The van der Waals surface area contributed by atoms with E-state index in [0.29, 0.717) is 13.1 Å². The summed E-state index contributed by atoms with van der Waals surface area (Å²) in [6, 6.07) is 0. The molecule has 0 bridgehead atoms. The van der Waals surface area contributed by atoms with Crippen LogP contribution in [0.15, 0.2) is 0 Å². The monoisotopic (exact) mass is 255 g/mol. The van der Waals surface area contributed by atoms with Crippen LogP contribution in [-0.4, -0.2) is 37.4 Å². The quantitative estimate of drug-likeness (QED) is 0.594. The van der Waals surface area contributed by atoms with Crippen LogP contribution in [0, 0.1) is 0 Å². The molecule has 0 rings (SSSR count). The van der Waals surface area contributed by atoms with Gasteiger partial charge in [0.1, 0.15) is 0 Å². The Bertz CT molecular complexity index is 234. The van der Waals surface area contributed by atoms with E-state index in [-0.39, 0.29) is 11.6 Å². The van der Waals surface area contributed by atoms with E-state index < -0.39 is 10.0 Å². The van der Waals surface area contributed by atoms with E-state index in [1.165, 1.54) is 0 Å². The SMILES string of the molecule is CCCCN(CCCC)S(=O)(=O)CCCl. The fourth-order valence-corrected chi connectivity index (χ4v) is 3.14. The fourth-order valence-electron chi connectivity index (χ4n) is 1.29. The Balaban J connectivity index is 4.32. The molecule has 5 heteroatoms. The van der Waals surface area contributed by atoms with Gasteiger partial charge in [0.05, 0.1) is 5.75 Å². The Labute approximate surface area is 98.8 Å². The number of halogens is 1. The summed E-state index contributed by atoms with van der Waals surface area (Å²) in [7, 11) is -3.12. The molecule has 0 atom stereocenters. The molecule has 0 saturated heterocycles. The third kappa shape index (κ3) is 6.38. The van der Waals surface area contributed by atoms with Gasteiger partial charge < -0.3 is 0 Å². The fraction of sp³-hybridized carbons (Fsp3) is 1.00. The first-order chi connectivity index (χ1) is 7.08. The molecule has 0 fully saturated rings. The molecule has 0 aromatic heterocycles. The third-order valence-electron chi connectivity index (χ3n) is 2.25. The normalized spacial score (nSPS) is 12.3. The van der Waals surface area contributed by atoms with Crippen LogP contribution in [0.4, 0.5) is 0 Å². The van der Waals surface area contributed by atoms with Crippen LogP contribution in [-0.2, 0) is 10.0 Å². The van der Waals surface area contributed by atoms with Gasteiger partial charge in [-0.25, -0.2) is 12.7 Å². The van der Waals surface area contributed by atoms with Gasteiger partial charge >= 0.3 is 0 Å². The van der Waals surface area contributed by atoms with E-state index in [9.17, 15) is 8.42 Å². The van der Waals surface area contributed by atoms with Gasteiger partial charge in [0.15, 0.2) is 0 Å². The van der Waals surface area contributed by atoms with Gasteiger partial charge in [-0.1, -0.05) is 26.7 Å². The predicted molar refractivity (Wildman–Crippen MR) is 65.9 cm³/mol. The number of nitrogens with zero attached hydrogens (tertiary/aromatic N) is 1. The molecule has 3 nitrogen and oxygen atoms in total. The van der Waals surface area contributed by atoms with Crippen LogP contribution < -0.4 is 0 Å². The van der Waals surface area contributed by atoms with Gasteiger partial charge in [0.2, 0.25) is 10.0 Å². The van der Waals surface area contributed by atoms with Crippen LogP contribution in [0.3, 0.4) is 0 Å². The number of rotatable bonds is 9. The smallest absolute Gasteiger partial charge is 0.212 e. The van der Waals surface area contributed by atoms with E-state index in [1.807, 2.05) is 0 Å². The van der Waals surface area contributed by atoms with Crippen molar-refractivity contribution in [1.82, 2.24) is 4.31 Å². The van der Waals surface area contributed by atoms with Crippen molar-refractivity contribution >= 4 is 21.6 Å². The van der Waals surface area contributed by atoms with Gasteiger partial charge in [0, 0.05) is 19.0 Å². The molecule has 0 aliphatic heterocycles. The lowest BCUT2D eigenvalue weighted by atomic mass is 10.3. The largest absolute Gasteiger partial charge is 0.215 e. The van der Waals surface area contributed by atoms with Crippen LogP contribution in [0.2, 0.25) is 0 Å². The second kappa shape index (κ2) is 8.36. The maximum atomic E-state index is 11.8. The highest BCUT2D eigenvalue weighted by Crippen LogP contribution is 2.07. The van der Waals surface area contributed by atoms with Crippen molar-refractivity contribution in [2.24, 2.45) is 0 Å². The second-order valence-electron chi connectivity index (χ2n) is 3.61. The summed E-state index contributed by atoms with van der Waals surface area (Å²) in [5.74, 6) is 0.235. The molecule has 0 aromatic rings. The Morgan fingerprint density at radius 1 is 1.07 bits per heavy atom. The van der Waals surface area contributed by atoms with Crippen LogP contribution in [0.5, 0.6) is 0 Å².